The average molecular weight is 303 g/mol. The van der Waals surface area contributed by atoms with E-state index in [4.69, 9.17) is 20.9 Å². The maximum absolute atomic E-state index is 5.65. The fourth-order valence-electron chi connectivity index (χ4n) is 1.73. The molecule has 2 aliphatic rings. The lowest BCUT2D eigenvalue weighted by atomic mass is 9.98. The lowest BCUT2D eigenvalue weighted by molar-refractivity contribution is 0.0545. The van der Waals surface area contributed by atoms with Crippen molar-refractivity contribution in [2.75, 3.05) is 26.4 Å². The van der Waals surface area contributed by atoms with Crippen molar-refractivity contribution in [1.29, 1.82) is 0 Å². The van der Waals surface area contributed by atoms with Gasteiger partial charge in [-0.1, -0.05) is 13.8 Å². The SMILES string of the molecule is C[C@@H]1CCOC[C@@H]1N.C[C@H]1CCOC[C@H]1N.Cl.Cl. The molecule has 4 atom stereocenters. The molecule has 4 N–H and O–H groups in total. The molecule has 112 valence electrons. The summed E-state index contributed by atoms with van der Waals surface area (Å²) in [4.78, 5) is 0. The highest BCUT2D eigenvalue weighted by molar-refractivity contribution is 5.85. The van der Waals surface area contributed by atoms with Crippen molar-refractivity contribution >= 4 is 24.8 Å². The standard InChI is InChI=1S/2C6H13NO.2ClH/c2*1-5-2-3-8-4-6(5)7;;/h2*5-6H,2-4,7H2,1H3;2*1H/t2*5-,6+;;/m10../s1. The van der Waals surface area contributed by atoms with Gasteiger partial charge < -0.3 is 20.9 Å². The van der Waals surface area contributed by atoms with Gasteiger partial charge in [-0.15, -0.1) is 24.8 Å². The predicted octanol–water partition coefficient (Wildman–Crippen LogP) is 1.58. The monoisotopic (exact) mass is 302 g/mol. The van der Waals surface area contributed by atoms with Gasteiger partial charge in [-0.3, -0.25) is 0 Å². The zero-order chi connectivity index (χ0) is 12.0. The second kappa shape index (κ2) is 11.3. The van der Waals surface area contributed by atoms with Gasteiger partial charge in [0, 0.05) is 25.3 Å². The summed E-state index contributed by atoms with van der Waals surface area (Å²) < 4.78 is 10.3. The summed E-state index contributed by atoms with van der Waals surface area (Å²) in [6.07, 6.45) is 2.25. The van der Waals surface area contributed by atoms with Crippen molar-refractivity contribution in [2.24, 2.45) is 23.3 Å². The maximum Gasteiger partial charge on any atom is 0.0620 e. The lowest BCUT2D eigenvalue weighted by Crippen LogP contribution is -2.37. The van der Waals surface area contributed by atoms with E-state index in [1.165, 1.54) is 0 Å². The fourth-order valence-corrected chi connectivity index (χ4v) is 1.73. The second-order valence-corrected chi connectivity index (χ2v) is 5.01. The first-order valence-electron chi connectivity index (χ1n) is 6.28. The van der Waals surface area contributed by atoms with Gasteiger partial charge in [0.2, 0.25) is 0 Å². The van der Waals surface area contributed by atoms with E-state index < -0.39 is 0 Å². The first-order valence-corrected chi connectivity index (χ1v) is 6.28. The third kappa shape index (κ3) is 7.77. The molecule has 2 rings (SSSR count). The van der Waals surface area contributed by atoms with Gasteiger partial charge in [0.15, 0.2) is 0 Å². The minimum Gasteiger partial charge on any atom is -0.380 e. The van der Waals surface area contributed by atoms with Gasteiger partial charge in [0.1, 0.15) is 0 Å². The Balaban J connectivity index is 0. The van der Waals surface area contributed by atoms with E-state index in [0.717, 1.165) is 39.3 Å². The zero-order valence-electron chi connectivity index (χ0n) is 11.3. The molecule has 2 aliphatic heterocycles. The van der Waals surface area contributed by atoms with Gasteiger partial charge in [-0.25, -0.2) is 0 Å². The Kier molecular flexibility index (Phi) is 13.0. The molecule has 0 aromatic rings. The summed E-state index contributed by atoms with van der Waals surface area (Å²) in [5, 5.41) is 0. The molecule has 2 fully saturated rings. The highest BCUT2D eigenvalue weighted by Gasteiger charge is 2.17. The summed E-state index contributed by atoms with van der Waals surface area (Å²) in [6, 6.07) is 0.562. The fraction of sp³-hybridized carbons (Fsp3) is 1.00. The smallest absolute Gasteiger partial charge is 0.0620 e. The number of halogens is 2. The van der Waals surface area contributed by atoms with E-state index in [2.05, 4.69) is 13.8 Å². The number of nitrogens with two attached hydrogens (primary N) is 2. The second-order valence-electron chi connectivity index (χ2n) is 5.01. The van der Waals surface area contributed by atoms with E-state index in [1.807, 2.05) is 0 Å². The van der Waals surface area contributed by atoms with Crippen molar-refractivity contribution in [3.05, 3.63) is 0 Å². The van der Waals surface area contributed by atoms with Crippen molar-refractivity contribution < 1.29 is 9.47 Å². The van der Waals surface area contributed by atoms with Gasteiger partial charge in [0.05, 0.1) is 13.2 Å². The van der Waals surface area contributed by atoms with Gasteiger partial charge in [0.25, 0.3) is 0 Å². The molecule has 0 saturated carbocycles. The average Bonchev–Trinajstić information content (AvgIpc) is 2.28. The summed E-state index contributed by atoms with van der Waals surface area (Å²) in [6.45, 7) is 7.65. The van der Waals surface area contributed by atoms with Crippen LogP contribution in [0.15, 0.2) is 0 Å². The van der Waals surface area contributed by atoms with Crippen LogP contribution >= 0.6 is 24.8 Å². The topological polar surface area (TPSA) is 70.5 Å². The van der Waals surface area contributed by atoms with E-state index in [1.54, 1.807) is 0 Å². The number of rotatable bonds is 0. The summed E-state index contributed by atoms with van der Waals surface area (Å²) in [5.41, 5.74) is 11.3. The highest BCUT2D eigenvalue weighted by Crippen LogP contribution is 2.12. The predicted molar refractivity (Wildman–Crippen MR) is 79.6 cm³/mol. The van der Waals surface area contributed by atoms with Crippen LogP contribution < -0.4 is 11.5 Å². The van der Waals surface area contributed by atoms with Crippen molar-refractivity contribution in [1.82, 2.24) is 0 Å². The van der Waals surface area contributed by atoms with Crippen molar-refractivity contribution in [2.45, 2.75) is 38.8 Å². The van der Waals surface area contributed by atoms with Crippen LogP contribution in [-0.2, 0) is 9.47 Å². The largest absolute Gasteiger partial charge is 0.380 e. The molecule has 2 heterocycles. The van der Waals surface area contributed by atoms with E-state index in [0.29, 0.717) is 11.8 Å². The molecular weight excluding hydrogens is 275 g/mol. The van der Waals surface area contributed by atoms with Crippen LogP contribution in [0.2, 0.25) is 0 Å². The van der Waals surface area contributed by atoms with E-state index >= 15 is 0 Å². The Bertz CT molecular complexity index is 159. The third-order valence-electron chi connectivity index (χ3n) is 3.52. The summed E-state index contributed by atoms with van der Waals surface area (Å²) in [5.74, 6) is 1.31. The summed E-state index contributed by atoms with van der Waals surface area (Å²) >= 11 is 0. The van der Waals surface area contributed by atoms with Gasteiger partial charge in [-0.05, 0) is 24.7 Å². The first kappa shape index (κ1) is 20.7. The molecule has 0 bridgehead atoms. The molecule has 18 heavy (non-hydrogen) atoms. The summed E-state index contributed by atoms with van der Waals surface area (Å²) in [7, 11) is 0. The Labute approximate surface area is 123 Å². The van der Waals surface area contributed by atoms with Crippen molar-refractivity contribution in [3.8, 4) is 0 Å². The van der Waals surface area contributed by atoms with Crippen molar-refractivity contribution in [3.63, 3.8) is 0 Å². The highest BCUT2D eigenvalue weighted by atomic mass is 35.5. The van der Waals surface area contributed by atoms with Crippen LogP contribution in [-0.4, -0.2) is 38.5 Å². The molecule has 2 saturated heterocycles. The Hall–Kier alpha value is 0.420. The van der Waals surface area contributed by atoms with Gasteiger partial charge >= 0.3 is 0 Å². The van der Waals surface area contributed by atoms with Crippen LogP contribution in [0.5, 0.6) is 0 Å². The molecule has 0 unspecified atom stereocenters. The Morgan fingerprint density at radius 2 is 1.11 bits per heavy atom. The van der Waals surface area contributed by atoms with Crippen LogP contribution in [0.1, 0.15) is 26.7 Å². The number of hydrogen-bond donors (Lipinski definition) is 2. The minimum absolute atomic E-state index is 0. The van der Waals surface area contributed by atoms with E-state index in [9.17, 15) is 0 Å². The minimum atomic E-state index is 0. The van der Waals surface area contributed by atoms with E-state index in [-0.39, 0.29) is 36.9 Å². The molecular formula is C12H28Cl2N2O2. The van der Waals surface area contributed by atoms with Gasteiger partial charge in [-0.2, -0.15) is 0 Å². The molecule has 4 nitrogen and oxygen atoms in total. The first-order chi connectivity index (χ1) is 7.61. The molecule has 0 spiro atoms. The normalized spacial score (nSPS) is 35.3. The quantitative estimate of drug-likeness (QED) is 0.713. The number of hydrogen-bond acceptors (Lipinski definition) is 4. The van der Waals surface area contributed by atoms with Crippen LogP contribution in [0, 0.1) is 11.8 Å². The van der Waals surface area contributed by atoms with Crippen LogP contribution in [0.4, 0.5) is 0 Å². The van der Waals surface area contributed by atoms with Crippen LogP contribution in [0.3, 0.4) is 0 Å². The Morgan fingerprint density at radius 3 is 1.28 bits per heavy atom. The molecule has 0 aromatic heterocycles. The molecule has 6 heteroatoms. The Morgan fingerprint density at radius 1 is 0.778 bits per heavy atom. The zero-order valence-corrected chi connectivity index (χ0v) is 13.0. The molecule has 0 radical (unpaired) electrons. The third-order valence-corrected chi connectivity index (χ3v) is 3.52. The maximum atomic E-state index is 5.65. The molecule has 0 aromatic carbocycles. The number of ether oxygens (including phenoxy) is 2. The van der Waals surface area contributed by atoms with Crippen LogP contribution in [0.25, 0.3) is 0 Å². The molecule has 0 aliphatic carbocycles. The lowest BCUT2D eigenvalue weighted by Gasteiger charge is -2.24. The molecule has 0 amide bonds.